The smallest absolute Gasteiger partial charge is 0.147 e. The lowest BCUT2D eigenvalue weighted by molar-refractivity contribution is 0.862. The maximum absolute atomic E-state index is 4.41. The van der Waals surface area contributed by atoms with Crippen molar-refractivity contribution in [1.82, 2.24) is 15.0 Å². The van der Waals surface area contributed by atoms with E-state index in [4.69, 9.17) is 0 Å². The predicted molar refractivity (Wildman–Crippen MR) is 81.0 cm³/mol. The first-order valence-corrected chi connectivity index (χ1v) is 7.72. The van der Waals surface area contributed by atoms with Crippen LogP contribution in [0.3, 0.4) is 0 Å². The molecule has 98 valence electrons. The molecule has 0 aliphatic carbocycles. The van der Waals surface area contributed by atoms with Crippen LogP contribution in [0.15, 0.2) is 17.9 Å². The molecule has 19 heavy (non-hydrogen) atoms. The van der Waals surface area contributed by atoms with E-state index in [2.05, 4.69) is 46.4 Å². The van der Waals surface area contributed by atoms with Gasteiger partial charge in [-0.1, -0.05) is 0 Å². The third-order valence-corrected chi connectivity index (χ3v) is 5.08. The molecule has 3 aromatic rings. The van der Waals surface area contributed by atoms with E-state index in [1.54, 1.807) is 29.0 Å². The van der Waals surface area contributed by atoms with Crippen LogP contribution in [0.1, 0.15) is 28.4 Å². The van der Waals surface area contributed by atoms with Crippen molar-refractivity contribution >= 4 is 38.7 Å². The average molecular weight is 290 g/mol. The third kappa shape index (κ3) is 2.33. The minimum atomic E-state index is 0.152. The van der Waals surface area contributed by atoms with Crippen LogP contribution in [0, 0.1) is 13.8 Å². The zero-order valence-corrected chi connectivity index (χ0v) is 12.6. The molecule has 1 N–H and O–H groups in total. The lowest BCUT2D eigenvalue weighted by atomic mass is 10.3. The van der Waals surface area contributed by atoms with Crippen LogP contribution in [0.25, 0.3) is 10.2 Å². The van der Waals surface area contributed by atoms with E-state index in [1.165, 1.54) is 10.4 Å². The van der Waals surface area contributed by atoms with E-state index in [0.29, 0.717) is 0 Å². The van der Waals surface area contributed by atoms with Gasteiger partial charge in [0.25, 0.3) is 0 Å². The molecule has 0 saturated heterocycles. The summed E-state index contributed by atoms with van der Waals surface area (Å²) in [6.07, 6.45) is 3.52. The summed E-state index contributed by atoms with van der Waals surface area (Å²) < 4.78 is 1.11. The van der Waals surface area contributed by atoms with E-state index >= 15 is 0 Å². The van der Waals surface area contributed by atoms with Crippen LogP contribution in [-0.2, 0) is 0 Å². The number of aryl methyl sites for hydroxylation is 2. The van der Waals surface area contributed by atoms with Gasteiger partial charge < -0.3 is 5.32 Å². The second-order valence-corrected chi connectivity index (χ2v) is 6.64. The predicted octanol–water partition coefficient (Wildman–Crippen LogP) is 3.94. The highest BCUT2D eigenvalue weighted by atomic mass is 32.1. The minimum absolute atomic E-state index is 0.152. The molecular weight excluding hydrogens is 276 g/mol. The van der Waals surface area contributed by atoms with Crippen molar-refractivity contribution in [3.63, 3.8) is 0 Å². The fourth-order valence-electron chi connectivity index (χ4n) is 1.91. The maximum Gasteiger partial charge on any atom is 0.147 e. The Morgan fingerprint density at radius 1 is 1.21 bits per heavy atom. The largest absolute Gasteiger partial charge is 0.360 e. The molecule has 6 heteroatoms. The topological polar surface area (TPSA) is 50.7 Å². The molecule has 0 amide bonds. The number of hydrogen-bond acceptors (Lipinski definition) is 6. The molecule has 3 heterocycles. The zero-order valence-electron chi connectivity index (χ0n) is 11.0. The molecule has 4 nitrogen and oxygen atoms in total. The summed E-state index contributed by atoms with van der Waals surface area (Å²) in [5.74, 6) is 0.892. The summed E-state index contributed by atoms with van der Waals surface area (Å²) in [5, 5.41) is 6.63. The number of rotatable bonds is 3. The molecule has 0 aliphatic heterocycles. The fraction of sp³-hybridized carbons (Fsp3) is 0.308. The van der Waals surface area contributed by atoms with Crippen LogP contribution >= 0.6 is 22.7 Å². The summed E-state index contributed by atoms with van der Waals surface area (Å²) in [5.41, 5.74) is 2.23. The van der Waals surface area contributed by atoms with Gasteiger partial charge in [0, 0.05) is 11.1 Å². The van der Waals surface area contributed by atoms with Crippen LogP contribution in [-0.4, -0.2) is 15.0 Å². The number of nitrogens with one attached hydrogen (secondary N) is 1. The van der Waals surface area contributed by atoms with E-state index < -0.39 is 0 Å². The quantitative estimate of drug-likeness (QED) is 0.794. The van der Waals surface area contributed by atoms with Gasteiger partial charge >= 0.3 is 0 Å². The number of aromatic nitrogens is 3. The van der Waals surface area contributed by atoms with Gasteiger partial charge in [-0.05, 0) is 31.7 Å². The third-order valence-electron chi connectivity index (χ3n) is 2.89. The Morgan fingerprint density at radius 2 is 2.05 bits per heavy atom. The second-order valence-electron chi connectivity index (χ2n) is 4.49. The molecule has 1 unspecified atom stereocenters. The molecule has 0 saturated carbocycles. The number of thiophene rings is 1. The van der Waals surface area contributed by atoms with Crippen LogP contribution in [0.2, 0.25) is 0 Å². The van der Waals surface area contributed by atoms with Gasteiger partial charge in [-0.3, -0.25) is 0 Å². The van der Waals surface area contributed by atoms with Crippen molar-refractivity contribution < 1.29 is 0 Å². The number of nitrogens with zero attached hydrogens (tertiary/aromatic N) is 3. The Hall–Kier alpha value is -1.53. The monoisotopic (exact) mass is 290 g/mol. The van der Waals surface area contributed by atoms with E-state index in [-0.39, 0.29) is 6.04 Å². The summed E-state index contributed by atoms with van der Waals surface area (Å²) in [4.78, 5) is 14.3. The van der Waals surface area contributed by atoms with Crippen molar-refractivity contribution in [2.24, 2.45) is 0 Å². The number of thiazole rings is 1. The lowest BCUT2D eigenvalue weighted by Crippen LogP contribution is -2.07. The number of hydrogen-bond donors (Lipinski definition) is 1. The van der Waals surface area contributed by atoms with Gasteiger partial charge in [0.05, 0.1) is 16.3 Å². The van der Waals surface area contributed by atoms with Gasteiger partial charge in [0.15, 0.2) is 0 Å². The van der Waals surface area contributed by atoms with Crippen LogP contribution in [0.5, 0.6) is 0 Å². The Kier molecular flexibility index (Phi) is 3.20. The Labute approximate surface area is 119 Å². The van der Waals surface area contributed by atoms with E-state index in [0.717, 1.165) is 21.0 Å². The highest BCUT2D eigenvalue weighted by molar-refractivity contribution is 7.18. The molecule has 1 atom stereocenters. The van der Waals surface area contributed by atoms with Gasteiger partial charge in [0.2, 0.25) is 0 Å². The SMILES string of the molecule is Cc1cnc(C(C)Nc2ncnc3c(C)csc23)s1. The van der Waals surface area contributed by atoms with Crippen molar-refractivity contribution in [3.05, 3.63) is 33.4 Å². The number of anilines is 1. The maximum atomic E-state index is 4.41. The molecule has 3 rings (SSSR count). The van der Waals surface area contributed by atoms with Gasteiger partial charge in [-0.15, -0.1) is 22.7 Å². The highest BCUT2D eigenvalue weighted by Crippen LogP contribution is 2.31. The normalized spacial score (nSPS) is 12.8. The molecule has 0 radical (unpaired) electrons. The first-order chi connectivity index (χ1) is 9.15. The average Bonchev–Trinajstić information content (AvgIpc) is 2.98. The summed E-state index contributed by atoms with van der Waals surface area (Å²) in [6, 6.07) is 0.152. The van der Waals surface area contributed by atoms with Crippen molar-refractivity contribution in [2.45, 2.75) is 26.8 Å². The van der Waals surface area contributed by atoms with Crippen LogP contribution < -0.4 is 5.32 Å². The van der Waals surface area contributed by atoms with E-state index in [9.17, 15) is 0 Å². The fourth-order valence-corrected chi connectivity index (χ4v) is 3.64. The summed E-state index contributed by atoms with van der Waals surface area (Å²) in [6.45, 7) is 6.25. The van der Waals surface area contributed by atoms with E-state index in [1.807, 2.05) is 6.20 Å². The van der Waals surface area contributed by atoms with Crippen LogP contribution in [0.4, 0.5) is 5.82 Å². The first kappa shape index (κ1) is 12.5. The molecular formula is C13H14N4S2. The van der Waals surface area contributed by atoms with Crippen molar-refractivity contribution in [2.75, 3.05) is 5.32 Å². The molecule has 0 aliphatic rings. The zero-order chi connectivity index (χ0) is 13.4. The molecule has 0 fully saturated rings. The summed E-state index contributed by atoms with van der Waals surface area (Å²) >= 11 is 3.39. The second kappa shape index (κ2) is 4.86. The highest BCUT2D eigenvalue weighted by Gasteiger charge is 2.13. The Morgan fingerprint density at radius 3 is 2.79 bits per heavy atom. The lowest BCUT2D eigenvalue weighted by Gasteiger charge is -2.12. The van der Waals surface area contributed by atoms with Crippen molar-refractivity contribution in [3.8, 4) is 0 Å². The Balaban J connectivity index is 1.93. The molecule has 0 aromatic carbocycles. The Bertz CT molecular complexity index is 716. The van der Waals surface area contributed by atoms with Gasteiger partial charge in [-0.2, -0.15) is 0 Å². The first-order valence-electron chi connectivity index (χ1n) is 6.03. The molecule has 0 spiro atoms. The van der Waals surface area contributed by atoms with Gasteiger partial charge in [0.1, 0.15) is 17.2 Å². The summed E-state index contributed by atoms with van der Waals surface area (Å²) in [7, 11) is 0. The molecule has 0 bridgehead atoms. The molecule has 3 aromatic heterocycles. The van der Waals surface area contributed by atoms with Gasteiger partial charge in [-0.25, -0.2) is 15.0 Å². The van der Waals surface area contributed by atoms with Crippen molar-refractivity contribution in [1.29, 1.82) is 0 Å². The standard InChI is InChI=1S/C13H14N4S2/c1-7-5-18-11-10(7)15-6-16-12(11)17-9(3)13-14-4-8(2)19-13/h4-6,9H,1-3H3,(H,15,16,17). The minimum Gasteiger partial charge on any atom is -0.360 e. The number of fused-ring (bicyclic) bond motifs is 1.